The second kappa shape index (κ2) is 3.57. The Morgan fingerprint density at radius 2 is 2.21 bits per heavy atom. The molecule has 0 aliphatic rings. The lowest BCUT2D eigenvalue weighted by molar-refractivity contribution is 0.0683. The Labute approximate surface area is 78.4 Å². The smallest absolute Gasteiger partial charge is 0.339 e. The lowest BCUT2D eigenvalue weighted by Gasteiger charge is -2.07. The van der Waals surface area contributed by atoms with E-state index >= 15 is 0 Å². The molecular weight excluding hydrogens is 194 g/mol. The largest absolute Gasteiger partial charge is 0.478 e. The highest BCUT2D eigenvalue weighted by Crippen LogP contribution is 2.25. The first-order chi connectivity index (χ1) is 6.43. The molecule has 1 aromatic heterocycles. The van der Waals surface area contributed by atoms with Crippen LogP contribution in [0.15, 0.2) is 6.07 Å². The molecule has 6 heteroatoms. The van der Waals surface area contributed by atoms with Crippen LogP contribution in [0.3, 0.4) is 0 Å². The predicted octanol–water partition coefficient (Wildman–Crippen LogP) is 1.61. The quantitative estimate of drug-likeness (QED) is 0.763. The van der Waals surface area contributed by atoms with Crippen molar-refractivity contribution < 1.29 is 18.7 Å². The number of hydrogen-bond donors (Lipinski definition) is 2. The third-order valence-corrected chi connectivity index (χ3v) is 1.63. The van der Waals surface area contributed by atoms with Gasteiger partial charge in [-0.1, -0.05) is 0 Å². The summed E-state index contributed by atoms with van der Waals surface area (Å²) in [5.41, 5.74) is 3.98. The molecule has 0 amide bonds. The summed E-state index contributed by atoms with van der Waals surface area (Å²) in [7, 11) is 0. The van der Waals surface area contributed by atoms with E-state index in [0.29, 0.717) is 0 Å². The monoisotopic (exact) mass is 202 g/mol. The Balaban J connectivity index is 3.44. The highest BCUT2D eigenvalue weighted by atomic mass is 19.3. The van der Waals surface area contributed by atoms with Gasteiger partial charge in [-0.3, -0.25) is 4.98 Å². The maximum absolute atomic E-state index is 12.4. The fourth-order valence-electron chi connectivity index (χ4n) is 1.11. The van der Waals surface area contributed by atoms with Crippen LogP contribution in [0.5, 0.6) is 0 Å². The van der Waals surface area contributed by atoms with E-state index in [4.69, 9.17) is 10.8 Å². The zero-order valence-corrected chi connectivity index (χ0v) is 7.29. The minimum Gasteiger partial charge on any atom is -0.478 e. The van der Waals surface area contributed by atoms with Crippen molar-refractivity contribution in [1.82, 2.24) is 4.98 Å². The normalized spacial score (nSPS) is 10.6. The van der Waals surface area contributed by atoms with Crippen LogP contribution < -0.4 is 5.73 Å². The van der Waals surface area contributed by atoms with Crippen molar-refractivity contribution in [2.24, 2.45) is 0 Å². The number of aromatic carboxylic acids is 1. The molecule has 0 aromatic carbocycles. The van der Waals surface area contributed by atoms with Gasteiger partial charge < -0.3 is 10.8 Å². The van der Waals surface area contributed by atoms with Crippen molar-refractivity contribution in [3.63, 3.8) is 0 Å². The van der Waals surface area contributed by atoms with E-state index in [0.717, 1.165) is 0 Å². The van der Waals surface area contributed by atoms with Crippen molar-refractivity contribution in [2.75, 3.05) is 5.73 Å². The van der Waals surface area contributed by atoms with E-state index in [1.54, 1.807) is 0 Å². The molecule has 0 aliphatic carbocycles. The van der Waals surface area contributed by atoms with E-state index < -0.39 is 23.7 Å². The topological polar surface area (TPSA) is 76.2 Å². The number of carbonyl (C=O) groups is 1. The Bertz CT molecular complexity index is 380. The van der Waals surface area contributed by atoms with Crippen molar-refractivity contribution in [2.45, 2.75) is 13.3 Å². The van der Waals surface area contributed by atoms with Gasteiger partial charge in [0.25, 0.3) is 6.43 Å². The summed E-state index contributed by atoms with van der Waals surface area (Å²) in [6, 6.07) is 1.25. The number of pyridine rings is 1. The van der Waals surface area contributed by atoms with Crippen molar-refractivity contribution in [3.8, 4) is 0 Å². The number of halogens is 2. The number of aryl methyl sites for hydroxylation is 1. The summed E-state index contributed by atoms with van der Waals surface area (Å²) >= 11 is 0. The number of aromatic nitrogens is 1. The number of nitrogen functional groups attached to an aromatic ring is 1. The van der Waals surface area contributed by atoms with Crippen molar-refractivity contribution in [3.05, 3.63) is 23.0 Å². The van der Waals surface area contributed by atoms with E-state index in [1.165, 1.54) is 13.0 Å². The Morgan fingerprint density at radius 3 is 2.64 bits per heavy atom. The predicted molar refractivity (Wildman–Crippen MR) is 45.3 cm³/mol. The number of rotatable bonds is 2. The first kappa shape index (κ1) is 10.4. The van der Waals surface area contributed by atoms with Crippen LogP contribution in [0.4, 0.5) is 14.5 Å². The van der Waals surface area contributed by atoms with Gasteiger partial charge in [0.2, 0.25) is 0 Å². The molecule has 0 aliphatic heterocycles. The molecular formula is C8H8F2N2O2. The second-order valence-electron chi connectivity index (χ2n) is 2.72. The number of alkyl halides is 2. The average Bonchev–Trinajstić information content (AvgIpc) is 2.01. The molecule has 0 bridgehead atoms. The van der Waals surface area contributed by atoms with Gasteiger partial charge in [-0.15, -0.1) is 0 Å². The molecule has 0 spiro atoms. The molecule has 1 rings (SSSR count). The summed E-state index contributed by atoms with van der Waals surface area (Å²) in [5, 5.41) is 8.63. The van der Waals surface area contributed by atoms with Crippen molar-refractivity contribution >= 4 is 11.7 Å². The molecule has 1 heterocycles. The molecule has 0 radical (unpaired) electrons. The van der Waals surface area contributed by atoms with Crippen LogP contribution in [0, 0.1) is 6.92 Å². The molecule has 0 fully saturated rings. The van der Waals surface area contributed by atoms with Gasteiger partial charge in [0.1, 0.15) is 11.3 Å². The van der Waals surface area contributed by atoms with Gasteiger partial charge >= 0.3 is 5.97 Å². The lowest BCUT2D eigenvalue weighted by Crippen LogP contribution is -2.10. The zero-order valence-electron chi connectivity index (χ0n) is 7.29. The number of nitrogens with zero attached hydrogens (tertiary/aromatic N) is 1. The first-order valence-corrected chi connectivity index (χ1v) is 3.72. The molecule has 4 nitrogen and oxygen atoms in total. The zero-order chi connectivity index (χ0) is 10.9. The molecule has 3 N–H and O–H groups in total. The minimum absolute atomic E-state index is 0.194. The summed E-state index contributed by atoms with van der Waals surface area (Å²) in [6.45, 7) is 1.47. The number of nitrogens with two attached hydrogens (primary N) is 1. The summed E-state index contributed by atoms with van der Waals surface area (Å²) in [5.74, 6) is -1.50. The molecule has 14 heavy (non-hydrogen) atoms. The van der Waals surface area contributed by atoms with Gasteiger partial charge in [0.05, 0.1) is 5.69 Å². The SMILES string of the molecule is Cc1cc(N)c(C(=O)O)c(C(F)F)n1. The van der Waals surface area contributed by atoms with Gasteiger partial charge in [-0.2, -0.15) is 0 Å². The van der Waals surface area contributed by atoms with Crippen molar-refractivity contribution in [1.29, 1.82) is 0 Å². The van der Waals surface area contributed by atoms with Crippen LogP contribution in [-0.4, -0.2) is 16.1 Å². The van der Waals surface area contributed by atoms with Gasteiger partial charge in [0.15, 0.2) is 0 Å². The third-order valence-electron chi connectivity index (χ3n) is 1.63. The van der Waals surface area contributed by atoms with Crippen LogP contribution in [-0.2, 0) is 0 Å². The Hall–Kier alpha value is -1.72. The number of carboxylic acid groups (broad SMARTS) is 1. The number of hydrogen-bond acceptors (Lipinski definition) is 3. The highest BCUT2D eigenvalue weighted by molar-refractivity contribution is 5.94. The first-order valence-electron chi connectivity index (χ1n) is 3.72. The highest BCUT2D eigenvalue weighted by Gasteiger charge is 2.22. The molecule has 0 unspecified atom stereocenters. The number of carboxylic acids is 1. The second-order valence-corrected chi connectivity index (χ2v) is 2.72. The van der Waals surface area contributed by atoms with E-state index in [1.807, 2.05) is 0 Å². The van der Waals surface area contributed by atoms with Gasteiger partial charge in [-0.25, -0.2) is 13.6 Å². The molecule has 0 saturated heterocycles. The van der Waals surface area contributed by atoms with Crippen LogP contribution in [0.2, 0.25) is 0 Å². The fourth-order valence-corrected chi connectivity index (χ4v) is 1.11. The third kappa shape index (κ3) is 1.78. The van der Waals surface area contributed by atoms with E-state index in [9.17, 15) is 13.6 Å². The van der Waals surface area contributed by atoms with E-state index in [2.05, 4.69) is 4.98 Å². The standard InChI is InChI=1S/C8H8F2N2O2/c1-3-2-4(11)5(8(13)14)6(12-3)7(9)10/h2,7H,1H3,(H2,11,12)(H,13,14). The van der Waals surface area contributed by atoms with Gasteiger partial charge in [0, 0.05) is 5.69 Å². The van der Waals surface area contributed by atoms with Crippen LogP contribution >= 0.6 is 0 Å². The minimum atomic E-state index is -2.94. The Morgan fingerprint density at radius 1 is 1.64 bits per heavy atom. The van der Waals surface area contributed by atoms with Gasteiger partial charge in [-0.05, 0) is 13.0 Å². The molecule has 1 aromatic rings. The summed E-state index contributed by atoms with van der Waals surface area (Å²) in [4.78, 5) is 14.0. The summed E-state index contributed by atoms with van der Waals surface area (Å²) in [6.07, 6.45) is -2.94. The average molecular weight is 202 g/mol. The fraction of sp³-hybridized carbons (Fsp3) is 0.250. The summed E-state index contributed by atoms with van der Waals surface area (Å²) < 4.78 is 24.7. The maximum atomic E-state index is 12.4. The Kier molecular flexibility index (Phi) is 2.64. The number of anilines is 1. The molecule has 76 valence electrons. The molecule has 0 saturated carbocycles. The maximum Gasteiger partial charge on any atom is 0.339 e. The lowest BCUT2D eigenvalue weighted by atomic mass is 10.1. The van der Waals surface area contributed by atoms with Crippen LogP contribution in [0.1, 0.15) is 28.2 Å². The van der Waals surface area contributed by atoms with Crippen LogP contribution in [0.25, 0.3) is 0 Å². The van der Waals surface area contributed by atoms with E-state index in [-0.39, 0.29) is 11.4 Å². The molecule has 0 atom stereocenters.